The Morgan fingerprint density at radius 3 is 2.93 bits per heavy atom. The Morgan fingerprint density at radius 2 is 2.20 bits per heavy atom. The van der Waals surface area contributed by atoms with Crippen LogP contribution in [0, 0.1) is 5.92 Å². The van der Waals surface area contributed by atoms with Crippen LogP contribution in [0.5, 0.6) is 0 Å². The molecule has 0 spiro atoms. The molecule has 0 amide bonds. The van der Waals surface area contributed by atoms with Crippen molar-refractivity contribution in [3.05, 3.63) is 0 Å². The highest BCUT2D eigenvalue weighted by Gasteiger charge is 2.39. The van der Waals surface area contributed by atoms with Gasteiger partial charge in [0.05, 0.1) is 6.61 Å². The lowest BCUT2D eigenvalue weighted by atomic mass is 9.90. The zero-order valence-electron chi connectivity index (χ0n) is 8.99. The van der Waals surface area contributed by atoms with Gasteiger partial charge in [-0.3, -0.25) is 9.59 Å². The zero-order valence-corrected chi connectivity index (χ0v) is 8.99. The largest absolute Gasteiger partial charge is 0.465 e. The van der Waals surface area contributed by atoms with Gasteiger partial charge in [-0.15, -0.1) is 0 Å². The van der Waals surface area contributed by atoms with Crippen molar-refractivity contribution in [3.8, 4) is 0 Å². The van der Waals surface area contributed by atoms with Gasteiger partial charge in [0, 0.05) is 18.5 Å². The summed E-state index contributed by atoms with van der Waals surface area (Å²) in [4.78, 5) is 23.3. The Hall–Kier alpha value is -0.900. The van der Waals surface area contributed by atoms with Gasteiger partial charge in [0.1, 0.15) is 11.7 Å². The third-order valence-electron chi connectivity index (χ3n) is 3.26. The van der Waals surface area contributed by atoms with E-state index in [0.717, 1.165) is 12.8 Å². The van der Waals surface area contributed by atoms with Crippen LogP contribution in [0.2, 0.25) is 0 Å². The Labute approximate surface area is 89.4 Å². The molecule has 2 aliphatic rings. The van der Waals surface area contributed by atoms with Crippen LogP contribution in [0.15, 0.2) is 0 Å². The first-order valence-corrected chi connectivity index (χ1v) is 5.66. The van der Waals surface area contributed by atoms with E-state index in [2.05, 4.69) is 5.32 Å². The maximum atomic E-state index is 11.8. The van der Waals surface area contributed by atoms with Crippen LogP contribution in [0.3, 0.4) is 0 Å². The molecule has 15 heavy (non-hydrogen) atoms. The van der Waals surface area contributed by atoms with E-state index in [0.29, 0.717) is 31.5 Å². The van der Waals surface area contributed by atoms with Crippen LogP contribution in [0.1, 0.15) is 32.6 Å². The van der Waals surface area contributed by atoms with Crippen LogP contribution in [0.4, 0.5) is 0 Å². The molecular formula is C11H17NO3. The number of Topliss-reactive ketones (excluding diaryl/α,β-unsaturated/α-hetero) is 1. The Morgan fingerprint density at radius 1 is 1.47 bits per heavy atom. The van der Waals surface area contributed by atoms with Crippen molar-refractivity contribution in [1.82, 2.24) is 5.32 Å². The predicted molar refractivity (Wildman–Crippen MR) is 54.3 cm³/mol. The first kappa shape index (κ1) is 10.6. The van der Waals surface area contributed by atoms with Crippen molar-refractivity contribution in [1.29, 1.82) is 0 Å². The molecule has 2 rings (SSSR count). The number of hydrogen-bond acceptors (Lipinski definition) is 4. The highest BCUT2D eigenvalue weighted by molar-refractivity contribution is 5.99. The zero-order chi connectivity index (χ0) is 10.8. The van der Waals surface area contributed by atoms with Gasteiger partial charge in [0.15, 0.2) is 0 Å². The van der Waals surface area contributed by atoms with E-state index >= 15 is 0 Å². The molecule has 0 saturated carbocycles. The van der Waals surface area contributed by atoms with Gasteiger partial charge in [-0.2, -0.15) is 0 Å². The standard InChI is InChI=1S/C11H17NO3/c1-2-15-11(14)9-5-7-3-4-8(12-7)6-10(9)13/h7-9,12H,2-6H2,1H3. The Bertz CT molecular complexity index is 277. The molecule has 0 radical (unpaired) electrons. The summed E-state index contributed by atoms with van der Waals surface area (Å²) < 4.78 is 4.93. The molecule has 0 aromatic heterocycles. The number of rotatable bonds is 2. The molecule has 3 atom stereocenters. The lowest BCUT2D eigenvalue weighted by molar-refractivity contribution is -0.151. The summed E-state index contributed by atoms with van der Waals surface area (Å²) >= 11 is 0. The minimum atomic E-state index is -0.521. The van der Waals surface area contributed by atoms with Crippen LogP contribution >= 0.6 is 0 Å². The third-order valence-corrected chi connectivity index (χ3v) is 3.26. The van der Waals surface area contributed by atoms with Crippen LogP contribution in [-0.4, -0.2) is 30.4 Å². The van der Waals surface area contributed by atoms with Crippen molar-refractivity contribution in [2.24, 2.45) is 5.92 Å². The normalized spacial score (nSPS) is 35.0. The SMILES string of the molecule is CCOC(=O)C1CC2CCC(CC1=O)N2. The number of fused-ring (bicyclic) bond motifs is 2. The fourth-order valence-corrected chi connectivity index (χ4v) is 2.52. The van der Waals surface area contributed by atoms with Gasteiger partial charge >= 0.3 is 5.97 Å². The number of ketones is 1. The van der Waals surface area contributed by atoms with Crippen molar-refractivity contribution in [2.75, 3.05) is 6.61 Å². The summed E-state index contributed by atoms with van der Waals surface area (Å²) in [7, 11) is 0. The van der Waals surface area contributed by atoms with Gasteiger partial charge in [0.25, 0.3) is 0 Å². The molecular weight excluding hydrogens is 194 g/mol. The topological polar surface area (TPSA) is 55.4 Å². The molecule has 4 nitrogen and oxygen atoms in total. The fourth-order valence-electron chi connectivity index (χ4n) is 2.52. The number of esters is 1. The minimum Gasteiger partial charge on any atom is -0.465 e. The molecule has 0 aliphatic carbocycles. The number of carbonyl (C=O) groups excluding carboxylic acids is 2. The first-order chi connectivity index (χ1) is 7.20. The number of hydrogen-bond donors (Lipinski definition) is 1. The predicted octanol–water partition coefficient (Wildman–Crippen LogP) is 0.649. The number of nitrogens with one attached hydrogen (secondary N) is 1. The van der Waals surface area contributed by atoms with E-state index in [4.69, 9.17) is 4.74 Å². The summed E-state index contributed by atoms with van der Waals surface area (Å²) in [5, 5.41) is 3.38. The average molecular weight is 211 g/mol. The van der Waals surface area contributed by atoms with E-state index in [1.54, 1.807) is 6.92 Å². The smallest absolute Gasteiger partial charge is 0.316 e. The molecule has 2 heterocycles. The molecule has 2 saturated heterocycles. The summed E-state index contributed by atoms with van der Waals surface area (Å²) in [5.74, 6) is -0.808. The second kappa shape index (κ2) is 4.31. The van der Waals surface area contributed by atoms with E-state index < -0.39 is 5.92 Å². The van der Waals surface area contributed by atoms with Crippen LogP contribution in [0.25, 0.3) is 0 Å². The van der Waals surface area contributed by atoms with Crippen molar-refractivity contribution >= 4 is 11.8 Å². The lowest BCUT2D eigenvalue weighted by Gasteiger charge is -2.16. The summed E-state index contributed by atoms with van der Waals surface area (Å²) in [6.07, 6.45) is 3.24. The van der Waals surface area contributed by atoms with Gasteiger partial charge in [-0.05, 0) is 26.2 Å². The highest BCUT2D eigenvalue weighted by atomic mass is 16.5. The van der Waals surface area contributed by atoms with Gasteiger partial charge in [0.2, 0.25) is 0 Å². The monoisotopic (exact) mass is 211 g/mol. The van der Waals surface area contributed by atoms with Gasteiger partial charge < -0.3 is 10.1 Å². The van der Waals surface area contributed by atoms with Crippen LogP contribution < -0.4 is 5.32 Å². The number of carbonyl (C=O) groups is 2. The van der Waals surface area contributed by atoms with Crippen molar-refractivity contribution < 1.29 is 14.3 Å². The molecule has 1 N–H and O–H groups in total. The maximum absolute atomic E-state index is 11.8. The van der Waals surface area contributed by atoms with E-state index in [1.807, 2.05) is 0 Å². The Kier molecular flexibility index (Phi) is 3.05. The van der Waals surface area contributed by atoms with Gasteiger partial charge in [-0.1, -0.05) is 0 Å². The van der Waals surface area contributed by atoms with Crippen LogP contribution in [-0.2, 0) is 14.3 Å². The maximum Gasteiger partial charge on any atom is 0.316 e. The summed E-state index contributed by atoms with van der Waals surface area (Å²) in [5.41, 5.74) is 0. The van der Waals surface area contributed by atoms with Crippen molar-refractivity contribution in [2.45, 2.75) is 44.7 Å². The van der Waals surface area contributed by atoms with E-state index in [1.165, 1.54) is 0 Å². The Balaban J connectivity index is 2.04. The fraction of sp³-hybridized carbons (Fsp3) is 0.818. The number of ether oxygens (including phenoxy) is 1. The first-order valence-electron chi connectivity index (χ1n) is 5.66. The quantitative estimate of drug-likeness (QED) is 0.538. The average Bonchev–Trinajstić information content (AvgIpc) is 2.53. The molecule has 4 heteroatoms. The summed E-state index contributed by atoms with van der Waals surface area (Å²) in [6, 6.07) is 0.623. The van der Waals surface area contributed by atoms with E-state index in [9.17, 15) is 9.59 Å². The molecule has 2 fully saturated rings. The molecule has 2 aliphatic heterocycles. The van der Waals surface area contributed by atoms with E-state index in [-0.39, 0.29) is 11.8 Å². The second-order valence-corrected chi connectivity index (χ2v) is 4.35. The second-order valence-electron chi connectivity index (χ2n) is 4.35. The molecule has 0 aromatic carbocycles. The molecule has 3 unspecified atom stereocenters. The lowest BCUT2D eigenvalue weighted by Crippen LogP contribution is -2.29. The molecule has 0 aromatic rings. The highest BCUT2D eigenvalue weighted by Crippen LogP contribution is 2.27. The summed E-state index contributed by atoms with van der Waals surface area (Å²) in [6.45, 7) is 2.12. The van der Waals surface area contributed by atoms with Gasteiger partial charge in [-0.25, -0.2) is 0 Å². The minimum absolute atomic E-state index is 0.0492. The van der Waals surface area contributed by atoms with Crippen molar-refractivity contribution in [3.63, 3.8) is 0 Å². The molecule has 84 valence electrons. The third kappa shape index (κ3) is 2.20. The molecule has 2 bridgehead atoms.